The van der Waals surface area contributed by atoms with Crippen molar-refractivity contribution in [2.75, 3.05) is 0 Å². The highest BCUT2D eigenvalue weighted by atomic mass is 16.5. The molecule has 0 fully saturated rings. The zero-order valence-electron chi connectivity index (χ0n) is 12.3. The van der Waals surface area contributed by atoms with E-state index in [9.17, 15) is 4.79 Å². The summed E-state index contributed by atoms with van der Waals surface area (Å²) in [5.41, 5.74) is 6.26. The fraction of sp³-hybridized carbons (Fsp3) is 0.214. The largest absolute Gasteiger partial charge is 0.447 e. The second kappa shape index (κ2) is 6.36. The maximum Gasteiger partial charge on any atom is 0.273 e. The lowest BCUT2D eigenvalue weighted by molar-refractivity contribution is 0.0927. The smallest absolute Gasteiger partial charge is 0.273 e. The van der Waals surface area contributed by atoms with E-state index in [1.54, 1.807) is 25.4 Å². The Balaban J connectivity index is 1.70. The molecule has 0 bridgehead atoms. The van der Waals surface area contributed by atoms with E-state index < -0.39 is 11.9 Å². The van der Waals surface area contributed by atoms with Gasteiger partial charge in [-0.3, -0.25) is 9.78 Å². The minimum atomic E-state index is -0.488. The van der Waals surface area contributed by atoms with Crippen molar-refractivity contribution in [3.63, 3.8) is 0 Å². The number of rotatable bonds is 5. The zero-order valence-corrected chi connectivity index (χ0v) is 12.3. The molecule has 0 spiro atoms. The Labute approximate surface area is 130 Å². The van der Waals surface area contributed by atoms with Crippen LogP contribution in [0, 0.1) is 0 Å². The molecule has 9 nitrogen and oxygen atoms in total. The second-order valence-corrected chi connectivity index (χ2v) is 4.72. The summed E-state index contributed by atoms with van der Waals surface area (Å²) in [6.07, 6.45) is 4.53. The zero-order chi connectivity index (χ0) is 16.2. The van der Waals surface area contributed by atoms with Crippen molar-refractivity contribution in [3.05, 3.63) is 48.3 Å². The van der Waals surface area contributed by atoms with Gasteiger partial charge in [0.1, 0.15) is 12.3 Å². The second-order valence-electron chi connectivity index (χ2n) is 4.72. The van der Waals surface area contributed by atoms with Gasteiger partial charge in [-0.25, -0.2) is 4.98 Å². The highest BCUT2D eigenvalue weighted by molar-refractivity contribution is 5.92. The Kier molecular flexibility index (Phi) is 4.11. The van der Waals surface area contributed by atoms with E-state index in [4.69, 9.17) is 14.7 Å². The highest BCUT2D eigenvalue weighted by Gasteiger charge is 2.20. The van der Waals surface area contributed by atoms with Gasteiger partial charge in [0, 0.05) is 18.0 Å². The van der Waals surface area contributed by atoms with Crippen LogP contribution < -0.4 is 11.1 Å². The number of nitrogens with one attached hydrogen (secondary N) is 1. The van der Waals surface area contributed by atoms with Crippen molar-refractivity contribution in [3.8, 4) is 11.4 Å². The van der Waals surface area contributed by atoms with Gasteiger partial charge >= 0.3 is 0 Å². The van der Waals surface area contributed by atoms with Crippen LogP contribution in [-0.4, -0.2) is 26.0 Å². The summed E-state index contributed by atoms with van der Waals surface area (Å²) in [5, 5.41) is 6.58. The molecule has 9 heteroatoms. The molecular weight excluding hydrogens is 300 g/mol. The Bertz CT molecular complexity index is 798. The normalized spacial score (nSPS) is 12.1. The van der Waals surface area contributed by atoms with Gasteiger partial charge in [-0.1, -0.05) is 5.16 Å². The Morgan fingerprint density at radius 1 is 1.43 bits per heavy atom. The van der Waals surface area contributed by atoms with Crippen LogP contribution >= 0.6 is 0 Å². The SMILES string of the molecule is C[C@H](NC(=O)c1coc(CN)n1)c1nc(-c2cccnc2)no1. The molecule has 23 heavy (non-hydrogen) atoms. The Morgan fingerprint density at radius 3 is 3.00 bits per heavy atom. The third-order valence-corrected chi connectivity index (χ3v) is 3.04. The summed E-state index contributed by atoms with van der Waals surface area (Å²) in [6, 6.07) is 3.10. The predicted octanol–water partition coefficient (Wildman–Crippen LogP) is 1.07. The lowest BCUT2D eigenvalue weighted by atomic mass is 10.2. The van der Waals surface area contributed by atoms with Gasteiger partial charge < -0.3 is 20.0 Å². The maximum atomic E-state index is 12.1. The lowest BCUT2D eigenvalue weighted by Gasteiger charge is -2.07. The van der Waals surface area contributed by atoms with Crippen molar-refractivity contribution in [2.45, 2.75) is 19.5 Å². The fourth-order valence-corrected chi connectivity index (χ4v) is 1.86. The molecule has 1 atom stereocenters. The number of carbonyl (C=O) groups excluding carboxylic acids is 1. The summed E-state index contributed by atoms with van der Waals surface area (Å²) in [6.45, 7) is 1.85. The predicted molar refractivity (Wildman–Crippen MR) is 77.8 cm³/mol. The van der Waals surface area contributed by atoms with E-state index in [-0.39, 0.29) is 18.1 Å². The third-order valence-electron chi connectivity index (χ3n) is 3.04. The van der Waals surface area contributed by atoms with E-state index in [0.29, 0.717) is 11.7 Å². The quantitative estimate of drug-likeness (QED) is 0.714. The van der Waals surface area contributed by atoms with Crippen LogP contribution in [0.4, 0.5) is 0 Å². The number of pyridine rings is 1. The molecule has 3 heterocycles. The van der Waals surface area contributed by atoms with Crippen molar-refractivity contribution >= 4 is 5.91 Å². The fourth-order valence-electron chi connectivity index (χ4n) is 1.86. The molecule has 3 N–H and O–H groups in total. The van der Waals surface area contributed by atoms with Crippen LogP contribution in [0.2, 0.25) is 0 Å². The maximum absolute atomic E-state index is 12.1. The molecule has 118 valence electrons. The van der Waals surface area contributed by atoms with Crippen LogP contribution in [0.3, 0.4) is 0 Å². The first-order valence-corrected chi connectivity index (χ1v) is 6.86. The Morgan fingerprint density at radius 2 is 2.30 bits per heavy atom. The van der Waals surface area contributed by atoms with Crippen LogP contribution in [0.5, 0.6) is 0 Å². The van der Waals surface area contributed by atoms with Crippen LogP contribution in [0.1, 0.15) is 35.2 Å². The van der Waals surface area contributed by atoms with Crippen molar-refractivity contribution in [1.82, 2.24) is 25.4 Å². The first kappa shape index (κ1) is 14.9. The average Bonchev–Trinajstić information content (AvgIpc) is 3.25. The first-order chi connectivity index (χ1) is 11.2. The van der Waals surface area contributed by atoms with E-state index in [2.05, 4.69) is 25.4 Å². The number of carbonyl (C=O) groups is 1. The number of nitrogens with two attached hydrogens (primary N) is 1. The number of aromatic nitrogens is 4. The Hall–Kier alpha value is -3.07. The minimum Gasteiger partial charge on any atom is -0.447 e. The molecule has 0 unspecified atom stereocenters. The molecule has 0 saturated heterocycles. The van der Waals surface area contributed by atoms with Gasteiger partial charge in [-0.05, 0) is 19.1 Å². The molecule has 3 rings (SSSR count). The van der Waals surface area contributed by atoms with Gasteiger partial charge in [-0.2, -0.15) is 4.98 Å². The standard InChI is InChI=1S/C14H14N6O3/c1-8(17-13(21)10-7-22-11(5-15)18-10)14-19-12(20-23-14)9-3-2-4-16-6-9/h2-4,6-8H,5,15H2,1H3,(H,17,21)/t8-/m0/s1. The minimum absolute atomic E-state index is 0.126. The van der Waals surface area contributed by atoms with Crippen molar-refractivity contribution in [2.24, 2.45) is 5.73 Å². The molecule has 0 aliphatic carbocycles. The van der Waals surface area contributed by atoms with Gasteiger partial charge in [0.05, 0.1) is 6.54 Å². The summed E-state index contributed by atoms with van der Waals surface area (Å²) in [7, 11) is 0. The number of hydrogen-bond acceptors (Lipinski definition) is 8. The van der Waals surface area contributed by atoms with Crippen LogP contribution in [-0.2, 0) is 6.54 Å². The van der Waals surface area contributed by atoms with Gasteiger partial charge in [0.25, 0.3) is 5.91 Å². The number of hydrogen-bond donors (Lipinski definition) is 2. The molecule has 0 aliphatic rings. The molecule has 0 aliphatic heterocycles. The number of nitrogens with zero attached hydrogens (tertiary/aromatic N) is 4. The first-order valence-electron chi connectivity index (χ1n) is 6.86. The van der Waals surface area contributed by atoms with Gasteiger partial charge in [-0.15, -0.1) is 0 Å². The van der Waals surface area contributed by atoms with E-state index in [1.807, 2.05) is 6.07 Å². The van der Waals surface area contributed by atoms with E-state index in [1.165, 1.54) is 6.26 Å². The highest BCUT2D eigenvalue weighted by Crippen LogP contribution is 2.17. The van der Waals surface area contributed by atoms with Crippen molar-refractivity contribution in [1.29, 1.82) is 0 Å². The molecular formula is C14H14N6O3. The van der Waals surface area contributed by atoms with E-state index in [0.717, 1.165) is 5.56 Å². The lowest BCUT2D eigenvalue weighted by Crippen LogP contribution is -2.27. The van der Waals surface area contributed by atoms with Gasteiger partial charge in [0.15, 0.2) is 5.69 Å². The summed E-state index contributed by atoms with van der Waals surface area (Å²) < 4.78 is 10.2. The number of amides is 1. The molecule has 0 aromatic carbocycles. The van der Waals surface area contributed by atoms with Gasteiger partial charge in [0.2, 0.25) is 17.6 Å². The molecule has 0 saturated carbocycles. The van der Waals surface area contributed by atoms with Crippen LogP contribution in [0.25, 0.3) is 11.4 Å². The molecule has 3 aromatic heterocycles. The molecule has 0 radical (unpaired) electrons. The van der Waals surface area contributed by atoms with E-state index >= 15 is 0 Å². The van der Waals surface area contributed by atoms with Crippen LogP contribution in [0.15, 0.2) is 39.7 Å². The summed E-state index contributed by atoms with van der Waals surface area (Å²) in [4.78, 5) is 24.3. The molecule has 3 aromatic rings. The monoisotopic (exact) mass is 314 g/mol. The average molecular weight is 314 g/mol. The van der Waals surface area contributed by atoms with Crippen molar-refractivity contribution < 1.29 is 13.7 Å². The third kappa shape index (κ3) is 3.24. The molecule has 1 amide bonds. The number of oxazole rings is 1. The summed E-state index contributed by atoms with van der Waals surface area (Å²) >= 11 is 0. The summed E-state index contributed by atoms with van der Waals surface area (Å²) in [5.74, 6) is 0.558. The topological polar surface area (TPSA) is 133 Å².